The van der Waals surface area contributed by atoms with Crippen molar-refractivity contribution < 1.29 is 9.18 Å². The van der Waals surface area contributed by atoms with Gasteiger partial charge in [-0.3, -0.25) is 4.79 Å². The first-order valence-electron chi connectivity index (χ1n) is 7.74. The Balaban J connectivity index is 1.76. The average Bonchev–Trinajstić information content (AvgIpc) is 2.60. The minimum Gasteiger partial charge on any atom is -0.340 e. The third-order valence-corrected chi connectivity index (χ3v) is 3.65. The molecule has 0 atom stereocenters. The Morgan fingerprint density at radius 2 is 1.76 bits per heavy atom. The predicted molar refractivity (Wildman–Crippen MR) is 95.6 cm³/mol. The molecule has 0 fully saturated rings. The van der Waals surface area contributed by atoms with Crippen molar-refractivity contribution in [1.82, 2.24) is 9.97 Å². The van der Waals surface area contributed by atoms with Crippen LogP contribution in [-0.2, 0) is 0 Å². The lowest BCUT2D eigenvalue weighted by Crippen LogP contribution is -2.14. The molecule has 0 spiro atoms. The van der Waals surface area contributed by atoms with E-state index < -0.39 is 5.91 Å². The summed E-state index contributed by atoms with van der Waals surface area (Å²) in [7, 11) is 0. The molecule has 5 nitrogen and oxygen atoms in total. The highest BCUT2D eigenvalue weighted by Gasteiger charge is 2.10. The second-order valence-electron chi connectivity index (χ2n) is 5.69. The normalized spacial score (nSPS) is 10.4. The quantitative estimate of drug-likeness (QED) is 0.748. The van der Waals surface area contributed by atoms with Crippen LogP contribution < -0.4 is 10.6 Å². The van der Waals surface area contributed by atoms with Gasteiger partial charge in [0.05, 0.1) is 0 Å². The van der Waals surface area contributed by atoms with Gasteiger partial charge in [0.25, 0.3) is 5.91 Å². The summed E-state index contributed by atoms with van der Waals surface area (Å²) in [5.41, 5.74) is 3.87. The van der Waals surface area contributed by atoms with E-state index in [4.69, 9.17) is 0 Å². The summed E-state index contributed by atoms with van der Waals surface area (Å²) < 4.78 is 12.9. The lowest BCUT2D eigenvalue weighted by molar-refractivity contribution is 0.102. The van der Waals surface area contributed by atoms with E-state index >= 15 is 0 Å². The van der Waals surface area contributed by atoms with Crippen LogP contribution in [0.1, 0.15) is 21.6 Å². The highest BCUT2D eigenvalue weighted by atomic mass is 19.1. The number of nitrogens with zero attached hydrogens (tertiary/aromatic N) is 2. The molecule has 1 aromatic heterocycles. The van der Waals surface area contributed by atoms with E-state index in [1.165, 1.54) is 36.2 Å². The lowest BCUT2D eigenvalue weighted by Gasteiger charge is -2.10. The molecular formula is C19H17FN4O. The van der Waals surface area contributed by atoms with Crippen LogP contribution in [0, 0.1) is 19.7 Å². The monoisotopic (exact) mass is 336 g/mol. The van der Waals surface area contributed by atoms with E-state index in [1.54, 1.807) is 6.07 Å². The minimum atomic E-state index is -0.391. The molecule has 0 aliphatic carbocycles. The molecule has 0 saturated heterocycles. The Kier molecular flexibility index (Phi) is 4.70. The molecule has 1 heterocycles. The summed E-state index contributed by atoms with van der Waals surface area (Å²) in [6.45, 7) is 4.03. The number of amides is 1. The molecule has 0 aliphatic rings. The van der Waals surface area contributed by atoms with Crippen molar-refractivity contribution in [2.24, 2.45) is 0 Å². The molecule has 3 rings (SSSR count). The first kappa shape index (κ1) is 16.6. The number of carbonyl (C=O) groups excluding carboxylic acids is 1. The van der Waals surface area contributed by atoms with Crippen molar-refractivity contribution in [3.63, 3.8) is 0 Å². The zero-order chi connectivity index (χ0) is 17.8. The Labute approximate surface area is 145 Å². The molecule has 1 amide bonds. The van der Waals surface area contributed by atoms with Crippen LogP contribution in [-0.4, -0.2) is 15.9 Å². The molecule has 2 N–H and O–H groups in total. The molecule has 126 valence electrons. The van der Waals surface area contributed by atoms with E-state index in [0.29, 0.717) is 11.5 Å². The van der Waals surface area contributed by atoms with Gasteiger partial charge >= 0.3 is 0 Å². The number of rotatable bonds is 4. The van der Waals surface area contributed by atoms with Gasteiger partial charge in [0.1, 0.15) is 23.7 Å². The molecule has 2 aromatic carbocycles. The molecular weight excluding hydrogens is 319 g/mol. The maximum atomic E-state index is 12.9. The van der Waals surface area contributed by atoms with Crippen LogP contribution in [0.5, 0.6) is 0 Å². The Morgan fingerprint density at radius 3 is 2.48 bits per heavy atom. The molecule has 0 bridgehead atoms. The van der Waals surface area contributed by atoms with Gasteiger partial charge in [-0.25, -0.2) is 14.4 Å². The number of aryl methyl sites for hydroxylation is 2. The van der Waals surface area contributed by atoms with Gasteiger partial charge in [-0.1, -0.05) is 17.7 Å². The fraction of sp³-hybridized carbons (Fsp3) is 0.105. The summed E-state index contributed by atoms with van der Waals surface area (Å²) in [4.78, 5) is 20.4. The minimum absolute atomic E-state index is 0.214. The van der Waals surface area contributed by atoms with E-state index in [1.807, 2.05) is 26.0 Å². The van der Waals surface area contributed by atoms with E-state index in [2.05, 4.69) is 26.7 Å². The first-order chi connectivity index (χ1) is 12.0. The van der Waals surface area contributed by atoms with Crippen molar-refractivity contribution in [1.29, 1.82) is 0 Å². The smallest absolute Gasteiger partial charge is 0.274 e. The van der Waals surface area contributed by atoms with Crippen LogP contribution >= 0.6 is 0 Å². The Hall–Kier alpha value is -3.28. The van der Waals surface area contributed by atoms with Gasteiger partial charge in [-0.05, 0) is 49.7 Å². The number of anilines is 3. The Morgan fingerprint density at radius 1 is 1.00 bits per heavy atom. The average molecular weight is 336 g/mol. The number of aromatic nitrogens is 2. The fourth-order valence-corrected chi connectivity index (χ4v) is 2.37. The highest BCUT2D eigenvalue weighted by Crippen LogP contribution is 2.20. The number of carbonyl (C=O) groups is 1. The summed E-state index contributed by atoms with van der Waals surface area (Å²) in [5.74, 6) is -0.233. The van der Waals surface area contributed by atoms with Gasteiger partial charge in [0, 0.05) is 17.4 Å². The van der Waals surface area contributed by atoms with Crippen molar-refractivity contribution >= 4 is 23.1 Å². The van der Waals surface area contributed by atoms with Crippen molar-refractivity contribution in [2.75, 3.05) is 10.6 Å². The van der Waals surface area contributed by atoms with Crippen LogP contribution in [0.2, 0.25) is 0 Å². The van der Waals surface area contributed by atoms with Gasteiger partial charge in [0.15, 0.2) is 0 Å². The standard InChI is InChI=1S/C19H17FN4O/c1-12-3-8-16(13(2)9-12)24-18-10-17(21-11-22-18)19(25)23-15-6-4-14(20)5-7-15/h3-11H,1-2H3,(H,23,25)(H,21,22,24). The van der Waals surface area contributed by atoms with Crippen LogP contribution in [0.4, 0.5) is 21.6 Å². The molecule has 25 heavy (non-hydrogen) atoms. The summed E-state index contributed by atoms with van der Waals surface area (Å²) in [6, 6.07) is 13.1. The highest BCUT2D eigenvalue weighted by molar-refractivity contribution is 6.03. The van der Waals surface area contributed by atoms with E-state index in [-0.39, 0.29) is 11.5 Å². The van der Waals surface area contributed by atoms with Crippen molar-refractivity contribution in [2.45, 2.75) is 13.8 Å². The second kappa shape index (κ2) is 7.09. The third kappa shape index (κ3) is 4.17. The summed E-state index contributed by atoms with van der Waals surface area (Å²) in [6.07, 6.45) is 1.32. The fourth-order valence-electron chi connectivity index (χ4n) is 2.37. The summed E-state index contributed by atoms with van der Waals surface area (Å²) >= 11 is 0. The molecule has 6 heteroatoms. The molecule has 3 aromatic rings. The van der Waals surface area contributed by atoms with Gasteiger partial charge < -0.3 is 10.6 Å². The molecule has 0 aliphatic heterocycles. The topological polar surface area (TPSA) is 66.9 Å². The van der Waals surface area contributed by atoms with Gasteiger partial charge in [-0.2, -0.15) is 0 Å². The van der Waals surface area contributed by atoms with Crippen molar-refractivity contribution in [3.05, 3.63) is 77.5 Å². The third-order valence-electron chi connectivity index (χ3n) is 3.65. The second-order valence-corrected chi connectivity index (χ2v) is 5.69. The maximum absolute atomic E-state index is 12.9. The van der Waals surface area contributed by atoms with E-state index in [0.717, 1.165) is 11.3 Å². The zero-order valence-corrected chi connectivity index (χ0v) is 13.9. The van der Waals surface area contributed by atoms with Crippen molar-refractivity contribution in [3.8, 4) is 0 Å². The molecule has 0 radical (unpaired) electrons. The largest absolute Gasteiger partial charge is 0.340 e. The van der Waals surface area contributed by atoms with Crippen LogP contribution in [0.15, 0.2) is 54.9 Å². The molecule has 0 unspecified atom stereocenters. The number of hydrogen-bond donors (Lipinski definition) is 2. The van der Waals surface area contributed by atoms with Gasteiger partial charge in [-0.15, -0.1) is 0 Å². The number of nitrogens with one attached hydrogen (secondary N) is 2. The zero-order valence-electron chi connectivity index (χ0n) is 13.9. The maximum Gasteiger partial charge on any atom is 0.274 e. The van der Waals surface area contributed by atoms with Gasteiger partial charge in [0.2, 0.25) is 0 Å². The SMILES string of the molecule is Cc1ccc(Nc2cc(C(=O)Nc3ccc(F)cc3)ncn2)c(C)c1. The lowest BCUT2D eigenvalue weighted by atomic mass is 10.1. The number of halogens is 1. The molecule has 0 saturated carbocycles. The van der Waals surface area contributed by atoms with E-state index in [9.17, 15) is 9.18 Å². The number of hydrogen-bond acceptors (Lipinski definition) is 4. The Bertz CT molecular complexity index is 910. The predicted octanol–water partition coefficient (Wildman–Crippen LogP) is 4.23. The van der Waals surface area contributed by atoms with Crippen LogP contribution in [0.25, 0.3) is 0 Å². The van der Waals surface area contributed by atoms with Crippen LogP contribution in [0.3, 0.4) is 0 Å². The summed E-state index contributed by atoms with van der Waals surface area (Å²) in [5, 5.41) is 5.86. The first-order valence-corrected chi connectivity index (χ1v) is 7.74. The number of benzene rings is 2.